The third kappa shape index (κ3) is 3.10. The highest BCUT2D eigenvalue weighted by Crippen LogP contribution is 2.35. The number of carbonyl (C=O) groups excluding carboxylic acids is 1. The summed E-state index contributed by atoms with van der Waals surface area (Å²) in [7, 11) is 0. The molecule has 1 aliphatic heterocycles. The van der Waals surface area contributed by atoms with Crippen molar-refractivity contribution in [1.29, 1.82) is 0 Å². The Hall–Kier alpha value is -2.10. The molecular formula is C20H24N2O2. The Kier molecular flexibility index (Phi) is 4.37. The molecule has 1 amide bonds. The smallest absolute Gasteiger partial charge is 0.228 e. The molecule has 4 heteroatoms. The summed E-state index contributed by atoms with van der Waals surface area (Å²) in [4.78, 5) is 19.4. The van der Waals surface area contributed by atoms with Crippen LogP contribution in [0.25, 0.3) is 11.5 Å². The van der Waals surface area contributed by atoms with Crippen LogP contribution in [0.1, 0.15) is 44.2 Å². The second-order valence-corrected chi connectivity index (χ2v) is 7.03. The highest BCUT2D eigenvalue weighted by atomic mass is 16.3. The molecule has 2 unspecified atom stereocenters. The van der Waals surface area contributed by atoms with Crippen LogP contribution in [0.15, 0.2) is 41.0 Å². The molecule has 2 heterocycles. The van der Waals surface area contributed by atoms with E-state index in [4.69, 9.17) is 4.42 Å². The summed E-state index contributed by atoms with van der Waals surface area (Å²) in [6, 6.07) is 10.3. The van der Waals surface area contributed by atoms with E-state index in [9.17, 15) is 4.79 Å². The number of aromatic nitrogens is 1. The molecule has 1 aliphatic carbocycles. The van der Waals surface area contributed by atoms with Crippen molar-refractivity contribution in [3.8, 4) is 11.5 Å². The van der Waals surface area contributed by atoms with Gasteiger partial charge < -0.3 is 9.32 Å². The Morgan fingerprint density at radius 3 is 2.79 bits per heavy atom. The van der Waals surface area contributed by atoms with Gasteiger partial charge in [-0.05, 0) is 43.7 Å². The summed E-state index contributed by atoms with van der Waals surface area (Å²) in [6.07, 6.45) is 9.45. The predicted octanol–water partition coefficient (Wildman–Crippen LogP) is 4.07. The van der Waals surface area contributed by atoms with Crippen LogP contribution in [0.2, 0.25) is 0 Å². The maximum atomic E-state index is 12.8. The first-order chi connectivity index (χ1) is 11.8. The number of amides is 1. The second kappa shape index (κ2) is 6.80. The number of oxazole rings is 1. The van der Waals surface area contributed by atoms with Crippen LogP contribution < -0.4 is 0 Å². The van der Waals surface area contributed by atoms with Gasteiger partial charge in [0.25, 0.3) is 0 Å². The fourth-order valence-corrected chi connectivity index (χ4v) is 4.29. The van der Waals surface area contributed by atoms with Gasteiger partial charge in [0.1, 0.15) is 6.26 Å². The van der Waals surface area contributed by atoms with Gasteiger partial charge in [0.2, 0.25) is 11.8 Å². The number of carbonyl (C=O) groups is 1. The van der Waals surface area contributed by atoms with Crippen LogP contribution in [0.4, 0.5) is 0 Å². The zero-order valence-electron chi connectivity index (χ0n) is 14.0. The summed E-state index contributed by atoms with van der Waals surface area (Å²) in [5.41, 5.74) is 1.68. The molecule has 2 atom stereocenters. The van der Waals surface area contributed by atoms with E-state index >= 15 is 0 Å². The summed E-state index contributed by atoms with van der Waals surface area (Å²) >= 11 is 0. The van der Waals surface area contributed by atoms with E-state index in [1.165, 1.54) is 32.1 Å². The van der Waals surface area contributed by atoms with E-state index in [-0.39, 0.29) is 5.91 Å². The molecule has 2 fully saturated rings. The fourth-order valence-electron chi connectivity index (χ4n) is 4.29. The Morgan fingerprint density at radius 1 is 1.12 bits per heavy atom. The molecule has 2 aliphatic rings. The van der Waals surface area contributed by atoms with Crippen molar-refractivity contribution < 1.29 is 9.21 Å². The van der Waals surface area contributed by atoms with Crippen LogP contribution in [0, 0.1) is 5.92 Å². The highest BCUT2D eigenvalue weighted by molar-refractivity contribution is 5.79. The molecule has 1 saturated heterocycles. The number of benzene rings is 1. The molecule has 126 valence electrons. The molecule has 4 rings (SSSR count). The third-order valence-electron chi connectivity index (χ3n) is 5.47. The normalized spacial score (nSPS) is 23.8. The van der Waals surface area contributed by atoms with Gasteiger partial charge in [0.05, 0.1) is 12.1 Å². The van der Waals surface area contributed by atoms with Gasteiger partial charge in [-0.3, -0.25) is 4.79 Å². The quantitative estimate of drug-likeness (QED) is 0.855. The molecule has 0 spiro atoms. The van der Waals surface area contributed by atoms with Crippen LogP contribution in [0.5, 0.6) is 0 Å². The Morgan fingerprint density at radius 2 is 1.92 bits per heavy atom. The summed E-state index contributed by atoms with van der Waals surface area (Å²) in [6.45, 7) is 0.906. The number of nitrogens with zero attached hydrogens (tertiary/aromatic N) is 2. The monoisotopic (exact) mass is 324 g/mol. The van der Waals surface area contributed by atoms with Gasteiger partial charge in [0, 0.05) is 18.2 Å². The lowest BCUT2D eigenvalue weighted by Gasteiger charge is -2.44. The highest BCUT2D eigenvalue weighted by Gasteiger charge is 2.35. The molecule has 0 N–H and O–H groups in total. The number of hydrogen-bond acceptors (Lipinski definition) is 3. The number of fused-ring (bicyclic) bond motifs is 1. The van der Waals surface area contributed by atoms with Crippen molar-refractivity contribution in [2.24, 2.45) is 5.92 Å². The van der Waals surface area contributed by atoms with Gasteiger partial charge in [0.15, 0.2) is 0 Å². The molecule has 1 saturated carbocycles. The van der Waals surface area contributed by atoms with E-state index in [2.05, 4.69) is 9.88 Å². The van der Waals surface area contributed by atoms with Crippen molar-refractivity contribution in [2.45, 2.75) is 51.0 Å². The van der Waals surface area contributed by atoms with Crippen LogP contribution >= 0.6 is 0 Å². The fraction of sp³-hybridized carbons (Fsp3) is 0.500. The van der Waals surface area contributed by atoms with Crippen LogP contribution in [-0.4, -0.2) is 28.4 Å². The zero-order chi connectivity index (χ0) is 16.4. The van der Waals surface area contributed by atoms with Crippen molar-refractivity contribution >= 4 is 5.91 Å². The first kappa shape index (κ1) is 15.4. The lowest BCUT2D eigenvalue weighted by Crippen LogP contribution is -2.50. The average molecular weight is 324 g/mol. The molecule has 4 nitrogen and oxygen atoms in total. The van der Waals surface area contributed by atoms with Crippen molar-refractivity contribution in [1.82, 2.24) is 9.88 Å². The maximum Gasteiger partial charge on any atom is 0.228 e. The number of rotatable bonds is 3. The van der Waals surface area contributed by atoms with Gasteiger partial charge >= 0.3 is 0 Å². The molecular weight excluding hydrogens is 300 g/mol. The summed E-state index contributed by atoms with van der Waals surface area (Å²) < 4.78 is 5.56. The first-order valence-electron chi connectivity index (χ1n) is 9.10. The summed E-state index contributed by atoms with van der Waals surface area (Å²) in [5, 5.41) is 0. The molecule has 24 heavy (non-hydrogen) atoms. The minimum absolute atomic E-state index is 0.208. The zero-order valence-corrected chi connectivity index (χ0v) is 14.0. The second-order valence-electron chi connectivity index (χ2n) is 7.03. The van der Waals surface area contributed by atoms with E-state index < -0.39 is 0 Å². The molecule has 1 aromatic carbocycles. The maximum absolute atomic E-state index is 12.8. The molecule has 2 aromatic rings. The topological polar surface area (TPSA) is 46.3 Å². The van der Waals surface area contributed by atoms with E-state index in [0.717, 1.165) is 24.2 Å². The SMILES string of the molecule is O=C(Cc1coc(-c2ccccc2)n1)N1CCCC2CCCCC21. The molecule has 0 bridgehead atoms. The Labute approximate surface area is 142 Å². The Bertz CT molecular complexity index is 693. The number of hydrogen-bond donors (Lipinski definition) is 0. The Balaban J connectivity index is 1.45. The average Bonchev–Trinajstić information content (AvgIpc) is 3.10. The van der Waals surface area contributed by atoms with Crippen molar-refractivity contribution in [3.05, 3.63) is 42.3 Å². The lowest BCUT2D eigenvalue weighted by molar-refractivity contribution is -0.136. The van der Waals surface area contributed by atoms with Crippen molar-refractivity contribution in [3.63, 3.8) is 0 Å². The van der Waals surface area contributed by atoms with Gasteiger partial charge in [-0.15, -0.1) is 0 Å². The lowest BCUT2D eigenvalue weighted by atomic mass is 9.78. The predicted molar refractivity (Wildman–Crippen MR) is 92.3 cm³/mol. The van der Waals surface area contributed by atoms with Crippen LogP contribution in [-0.2, 0) is 11.2 Å². The van der Waals surface area contributed by atoms with Crippen molar-refractivity contribution in [2.75, 3.05) is 6.54 Å². The van der Waals surface area contributed by atoms with Gasteiger partial charge in [-0.2, -0.15) is 0 Å². The molecule has 0 radical (unpaired) electrons. The van der Waals surface area contributed by atoms with E-state index in [0.29, 0.717) is 24.3 Å². The first-order valence-corrected chi connectivity index (χ1v) is 9.10. The van der Waals surface area contributed by atoms with E-state index in [1.54, 1.807) is 6.26 Å². The van der Waals surface area contributed by atoms with Gasteiger partial charge in [-0.1, -0.05) is 31.0 Å². The number of piperidine rings is 1. The van der Waals surface area contributed by atoms with Crippen LogP contribution in [0.3, 0.4) is 0 Å². The summed E-state index contributed by atoms with van der Waals surface area (Å²) in [5.74, 6) is 1.51. The standard InChI is InChI=1S/C20H24N2O2/c23-19(22-12-6-10-15-7-4-5-11-18(15)22)13-17-14-24-20(21-17)16-8-2-1-3-9-16/h1-3,8-9,14-15,18H,4-7,10-13H2. The molecule has 1 aromatic heterocycles. The number of likely N-dealkylation sites (tertiary alicyclic amines) is 1. The third-order valence-corrected chi connectivity index (χ3v) is 5.47. The largest absolute Gasteiger partial charge is 0.444 e. The minimum atomic E-state index is 0.208. The van der Waals surface area contributed by atoms with Gasteiger partial charge in [-0.25, -0.2) is 4.98 Å². The minimum Gasteiger partial charge on any atom is -0.444 e. The van der Waals surface area contributed by atoms with E-state index in [1.807, 2.05) is 30.3 Å².